The van der Waals surface area contributed by atoms with Gasteiger partial charge in [-0.15, -0.1) is 5.73 Å². The van der Waals surface area contributed by atoms with Crippen LogP contribution >= 0.6 is 0 Å². The molecule has 1 unspecified atom stereocenters. The Kier molecular flexibility index (Phi) is 1.50. The maximum atomic E-state index is 3.62. The van der Waals surface area contributed by atoms with Crippen LogP contribution in [0.5, 0.6) is 0 Å². The Labute approximate surface area is 95.3 Å². The van der Waals surface area contributed by atoms with E-state index in [2.05, 4.69) is 36.9 Å². The SMILES string of the molecule is CC1C=C2CCc3cccc4c3=C2C(=C=4)C1. The van der Waals surface area contributed by atoms with E-state index in [0.717, 1.165) is 0 Å². The molecule has 0 aromatic heterocycles. The fourth-order valence-electron chi connectivity index (χ4n) is 3.38. The fraction of sp³-hybridized carbons (Fsp3) is 0.312. The van der Waals surface area contributed by atoms with Crippen LogP contribution in [0.25, 0.3) is 11.3 Å². The summed E-state index contributed by atoms with van der Waals surface area (Å²) in [6.45, 7) is 2.32. The van der Waals surface area contributed by atoms with E-state index in [9.17, 15) is 0 Å². The van der Waals surface area contributed by atoms with Gasteiger partial charge in [0.15, 0.2) is 0 Å². The summed E-state index contributed by atoms with van der Waals surface area (Å²) in [5, 5.41) is 2.84. The van der Waals surface area contributed by atoms with E-state index in [1.807, 2.05) is 0 Å². The predicted molar refractivity (Wildman–Crippen MR) is 66.2 cm³/mol. The van der Waals surface area contributed by atoms with Crippen molar-refractivity contribution < 1.29 is 0 Å². The molecule has 0 saturated carbocycles. The van der Waals surface area contributed by atoms with Crippen LogP contribution < -0.4 is 10.4 Å². The first kappa shape index (κ1) is 8.61. The molecule has 1 aromatic carbocycles. The zero-order chi connectivity index (χ0) is 10.7. The van der Waals surface area contributed by atoms with Crippen LogP contribution in [0.15, 0.2) is 35.4 Å². The van der Waals surface area contributed by atoms with E-state index < -0.39 is 0 Å². The molecule has 3 aliphatic carbocycles. The van der Waals surface area contributed by atoms with Crippen molar-refractivity contribution in [1.82, 2.24) is 0 Å². The largest absolute Gasteiger partial charge is 0.108 e. The van der Waals surface area contributed by atoms with Gasteiger partial charge in [-0.25, -0.2) is 0 Å². The summed E-state index contributed by atoms with van der Waals surface area (Å²) >= 11 is 0. The first-order chi connectivity index (χ1) is 7.83. The zero-order valence-electron chi connectivity index (χ0n) is 9.51. The Bertz CT molecular complexity index is 679. The lowest BCUT2D eigenvalue weighted by atomic mass is 9.79. The van der Waals surface area contributed by atoms with Gasteiger partial charge in [0.1, 0.15) is 0 Å². The molecule has 1 atom stereocenters. The van der Waals surface area contributed by atoms with Gasteiger partial charge in [-0.05, 0) is 48.0 Å². The first-order valence-electron chi connectivity index (χ1n) is 6.16. The summed E-state index contributed by atoms with van der Waals surface area (Å²) in [4.78, 5) is 0. The summed E-state index contributed by atoms with van der Waals surface area (Å²) < 4.78 is 0. The molecule has 0 N–H and O–H groups in total. The minimum atomic E-state index is 0.692. The minimum Gasteiger partial charge on any atom is -0.108 e. The molecule has 0 fully saturated rings. The Morgan fingerprint density at radius 3 is 3.12 bits per heavy atom. The summed E-state index contributed by atoms with van der Waals surface area (Å²) in [7, 11) is 0. The van der Waals surface area contributed by atoms with Crippen molar-refractivity contribution in [2.24, 2.45) is 5.92 Å². The lowest BCUT2D eigenvalue weighted by molar-refractivity contribution is 0.703. The highest BCUT2D eigenvalue weighted by molar-refractivity contribution is 5.86. The van der Waals surface area contributed by atoms with Gasteiger partial charge < -0.3 is 0 Å². The highest BCUT2D eigenvalue weighted by Gasteiger charge is 2.26. The average molecular weight is 206 g/mol. The average Bonchev–Trinajstić information content (AvgIpc) is 2.64. The second kappa shape index (κ2) is 2.78. The number of hydrogen-bond donors (Lipinski definition) is 0. The normalized spacial score (nSPS) is 24.6. The van der Waals surface area contributed by atoms with Crippen molar-refractivity contribution in [2.75, 3.05) is 0 Å². The molecule has 0 aliphatic heterocycles. The van der Waals surface area contributed by atoms with Crippen molar-refractivity contribution >= 4 is 11.3 Å². The highest BCUT2D eigenvalue weighted by atomic mass is 14.3. The molecule has 0 heteroatoms. The number of aryl methyl sites for hydroxylation is 1. The maximum absolute atomic E-state index is 3.62. The van der Waals surface area contributed by atoms with Gasteiger partial charge in [-0.1, -0.05) is 25.1 Å². The summed E-state index contributed by atoms with van der Waals surface area (Å²) in [6.07, 6.45) is 6.08. The molecule has 0 amide bonds. The molecule has 78 valence electrons. The van der Waals surface area contributed by atoms with Crippen LogP contribution in [-0.2, 0) is 6.42 Å². The lowest BCUT2D eigenvalue weighted by Gasteiger charge is -2.25. The van der Waals surface area contributed by atoms with Gasteiger partial charge in [-0.2, -0.15) is 0 Å². The van der Waals surface area contributed by atoms with Crippen molar-refractivity contribution in [1.29, 1.82) is 0 Å². The standard InChI is InChI=1S/C16H14/c1-10-7-13-6-5-11-3-2-4-12-9-14(8-10)16(13)15(11)12/h2-4,7,10H,5-6,8H2,1H3. The number of hydrogen-bond acceptors (Lipinski definition) is 0. The van der Waals surface area contributed by atoms with Gasteiger partial charge in [-0.3, -0.25) is 0 Å². The molecule has 0 nitrogen and oxygen atoms in total. The molecule has 0 saturated heterocycles. The summed E-state index contributed by atoms with van der Waals surface area (Å²) in [6, 6.07) is 6.67. The molecule has 0 heterocycles. The molecular weight excluding hydrogens is 192 g/mol. The molecule has 0 bridgehead atoms. The first-order valence-corrected chi connectivity index (χ1v) is 6.16. The molecular formula is C16H14. The third kappa shape index (κ3) is 0.956. The zero-order valence-corrected chi connectivity index (χ0v) is 9.51. The van der Waals surface area contributed by atoms with Crippen LogP contribution in [0.3, 0.4) is 0 Å². The Morgan fingerprint density at radius 1 is 1.25 bits per heavy atom. The van der Waals surface area contributed by atoms with E-state index in [1.54, 1.807) is 5.57 Å². The van der Waals surface area contributed by atoms with Crippen LogP contribution in [0.4, 0.5) is 0 Å². The Hall–Kier alpha value is -1.52. The van der Waals surface area contributed by atoms with Crippen molar-refractivity contribution in [2.45, 2.75) is 26.2 Å². The Balaban J connectivity index is 2.22. The molecule has 1 aromatic rings. The van der Waals surface area contributed by atoms with Gasteiger partial charge in [0, 0.05) is 16.0 Å². The lowest BCUT2D eigenvalue weighted by Crippen LogP contribution is -2.31. The van der Waals surface area contributed by atoms with E-state index in [1.165, 1.54) is 46.4 Å². The summed E-state index contributed by atoms with van der Waals surface area (Å²) in [5.74, 6) is 0.692. The predicted octanol–water partition coefficient (Wildman–Crippen LogP) is 2.07. The van der Waals surface area contributed by atoms with Crippen LogP contribution in [0, 0.1) is 5.92 Å². The third-order valence-corrected chi connectivity index (χ3v) is 3.98. The molecule has 3 aliphatic rings. The van der Waals surface area contributed by atoms with Crippen molar-refractivity contribution in [3.05, 3.63) is 51.4 Å². The van der Waals surface area contributed by atoms with E-state index in [-0.39, 0.29) is 0 Å². The Morgan fingerprint density at radius 2 is 2.19 bits per heavy atom. The van der Waals surface area contributed by atoms with Crippen molar-refractivity contribution in [3.8, 4) is 0 Å². The smallest absolute Gasteiger partial charge is 0.0249 e. The quantitative estimate of drug-likeness (QED) is 0.609. The van der Waals surface area contributed by atoms with E-state index in [4.69, 9.17) is 0 Å². The van der Waals surface area contributed by atoms with Crippen LogP contribution in [-0.4, -0.2) is 0 Å². The van der Waals surface area contributed by atoms with Crippen LogP contribution in [0.2, 0.25) is 0 Å². The number of rotatable bonds is 0. The second-order valence-corrected chi connectivity index (χ2v) is 5.19. The molecule has 0 spiro atoms. The van der Waals surface area contributed by atoms with Gasteiger partial charge in [0.25, 0.3) is 0 Å². The number of benzene rings is 1. The topological polar surface area (TPSA) is 0 Å². The minimum absolute atomic E-state index is 0.692. The molecule has 0 radical (unpaired) electrons. The second-order valence-electron chi connectivity index (χ2n) is 5.19. The fourth-order valence-corrected chi connectivity index (χ4v) is 3.38. The maximum Gasteiger partial charge on any atom is 0.0249 e. The van der Waals surface area contributed by atoms with Crippen LogP contribution in [0.1, 0.15) is 25.3 Å². The monoisotopic (exact) mass is 206 g/mol. The molecule has 4 rings (SSSR count). The number of allylic oxidation sites excluding steroid dienone is 3. The summed E-state index contributed by atoms with van der Waals surface area (Å²) in [5.41, 5.74) is 9.73. The van der Waals surface area contributed by atoms with E-state index in [0.29, 0.717) is 5.92 Å². The van der Waals surface area contributed by atoms with Gasteiger partial charge >= 0.3 is 0 Å². The third-order valence-electron chi connectivity index (χ3n) is 3.98. The van der Waals surface area contributed by atoms with Crippen molar-refractivity contribution in [3.63, 3.8) is 0 Å². The van der Waals surface area contributed by atoms with E-state index >= 15 is 0 Å². The highest BCUT2D eigenvalue weighted by Crippen LogP contribution is 2.37. The molecule has 16 heavy (non-hydrogen) atoms. The van der Waals surface area contributed by atoms with Gasteiger partial charge in [0.05, 0.1) is 0 Å². The van der Waals surface area contributed by atoms with Gasteiger partial charge in [0.2, 0.25) is 0 Å².